The molecule has 0 saturated carbocycles. The molecule has 4 rings (SSSR count). The highest BCUT2D eigenvalue weighted by atomic mass is 79.9. The number of hydrogen-bond donors (Lipinski definition) is 2. The molecular weight excluding hydrogens is 418 g/mol. The van der Waals surface area contributed by atoms with Crippen LogP contribution >= 0.6 is 15.9 Å². The first kappa shape index (κ1) is 18.2. The number of rotatable bonds is 5. The molecular formula is C23H16BrNO3. The first-order valence-electron chi connectivity index (χ1n) is 8.75. The molecule has 5 heteroatoms. The SMILES string of the molecule is O=C(O)Cc1c(C(=O)c2ccc(-c3ccccc3Br)cc2)[nH]c2ccccc12. The third-order valence-corrected chi connectivity index (χ3v) is 5.39. The average Bonchev–Trinajstić information content (AvgIpc) is 3.06. The van der Waals surface area contributed by atoms with Gasteiger partial charge in [0.05, 0.1) is 12.1 Å². The summed E-state index contributed by atoms with van der Waals surface area (Å²) in [5.41, 5.74) is 4.14. The van der Waals surface area contributed by atoms with Crippen LogP contribution in [-0.4, -0.2) is 21.8 Å². The van der Waals surface area contributed by atoms with Gasteiger partial charge in [0.15, 0.2) is 0 Å². The smallest absolute Gasteiger partial charge is 0.307 e. The van der Waals surface area contributed by atoms with E-state index in [0.29, 0.717) is 16.8 Å². The molecule has 1 aromatic heterocycles. The van der Waals surface area contributed by atoms with Gasteiger partial charge in [0.2, 0.25) is 5.78 Å². The molecule has 0 spiro atoms. The van der Waals surface area contributed by atoms with Gasteiger partial charge < -0.3 is 10.1 Å². The lowest BCUT2D eigenvalue weighted by molar-refractivity contribution is -0.136. The summed E-state index contributed by atoms with van der Waals surface area (Å²) in [6, 6.07) is 22.6. The number of fused-ring (bicyclic) bond motifs is 1. The van der Waals surface area contributed by atoms with Crippen molar-refractivity contribution in [3.05, 3.63) is 94.1 Å². The normalized spacial score (nSPS) is 10.9. The van der Waals surface area contributed by atoms with Gasteiger partial charge in [-0.3, -0.25) is 9.59 Å². The molecule has 0 aliphatic heterocycles. The van der Waals surface area contributed by atoms with Crippen LogP contribution in [0.4, 0.5) is 0 Å². The fourth-order valence-electron chi connectivity index (χ4n) is 3.37. The van der Waals surface area contributed by atoms with Crippen molar-refractivity contribution in [2.24, 2.45) is 0 Å². The summed E-state index contributed by atoms with van der Waals surface area (Å²) >= 11 is 3.54. The quantitative estimate of drug-likeness (QED) is 0.410. The minimum absolute atomic E-state index is 0.208. The molecule has 0 aliphatic carbocycles. The second-order valence-electron chi connectivity index (χ2n) is 6.48. The van der Waals surface area contributed by atoms with Crippen LogP contribution in [0, 0.1) is 0 Å². The van der Waals surface area contributed by atoms with Gasteiger partial charge in [0.25, 0.3) is 0 Å². The molecule has 1 heterocycles. The summed E-state index contributed by atoms with van der Waals surface area (Å²) < 4.78 is 0.980. The summed E-state index contributed by atoms with van der Waals surface area (Å²) in [7, 11) is 0. The van der Waals surface area contributed by atoms with Gasteiger partial charge in [-0.1, -0.05) is 76.6 Å². The van der Waals surface area contributed by atoms with Crippen molar-refractivity contribution in [1.82, 2.24) is 4.98 Å². The predicted molar refractivity (Wildman–Crippen MR) is 113 cm³/mol. The second kappa shape index (κ2) is 7.44. The fourth-order valence-corrected chi connectivity index (χ4v) is 3.88. The molecule has 0 bridgehead atoms. The van der Waals surface area contributed by atoms with Crippen LogP contribution in [0.25, 0.3) is 22.0 Å². The number of carbonyl (C=O) groups excluding carboxylic acids is 1. The number of nitrogens with one attached hydrogen (secondary N) is 1. The number of aliphatic carboxylic acids is 1. The van der Waals surface area contributed by atoms with Gasteiger partial charge in [0, 0.05) is 26.5 Å². The highest BCUT2D eigenvalue weighted by molar-refractivity contribution is 9.10. The van der Waals surface area contributed by atoms with Crippen LogP contribution in [-0.2, 0) is 11.2 Å². The van der Waals surface area contributed by atoms with E-state index in [9.17, 15) is 14.7 Å². The summed E-state index contributed by atoms with van der Waals surface area (Å²) in [6.45, 7) is 0. The number of halogens is 1. The zero-order chi connectivity index (χ0) is 19.7. The maximum Gasteiger partial charge on any atom is 0.307 e. The van der Waals surface area contributed by atoms with E-state index in [1.54, 1.807) is 12.1 Å². The largest absolute Gasteiger partial charge is 0.481 e. The summed E-state index contributed by atoms with van der Waals surface area (Å²) in [5.74, 6) is -1.19. The fraction of sp³-hybridized carbons (Fsp3) is 0.0435. The van der Waals surface area contributed by atoms with Crippen molar-refractivity contribution in [3.63, 3.8) is 0 Å². The molecule has 28 heavy (non-hydrogen) atoms. The van der Waals surface area contributed by atoms with E-state index in [0.717, 1.165) is 26.5 Å². The van der Waals surface area contributed by atoms with E-state index in [1.165, 1.54) is 0 Å². The third-order valence-electron chi connectivity index (χ3n) is 4.70. The number of H-pyrrole nitrogens is 1. The van der Waals surface area contributed by atoms with Crippen LogP contribution < -0.4 is 0 Å². The van der Waals surface area contributed by atoms with Crippen LogP contribution in [0.5, 0.6) is 0 Å². The third kappa shape index (κ3) is 3.37. The maximum absolute atomic E-state index is 13.1. The monoisotopic (exact) mass is 433 g/mol. The standard InChI is InChI=1S/C23H16BrNO3/c24-19-7-3-1-5-16(19)14-9-11-15(12-10-14)23(28)22-18(13-21(26)27)17-6-2-4-8-20(17)25-22/h1-12,25H,13H2,(H,26,27). The molecule has 3 aromatic carbocycles. The van der Waals surface area contributed by atoms with Gasteiger partial charge >= 0.3 is 5.97 Å². The number of carboxylic acid groups (broad SMARTS) is 1. The minimum Gasteiger partial charge on any atom is -0.481 e. The van der Waals surface area contributed by atoms with E-state index in [2.05, 4.69) is 20.9 Å². The second-order valence-corrected chi connectivity index (χ2v) is 7.34. The Morgan fingerprint density at radius 2 is 1.57 bits per heavy atom. The minimum atomic E-state index is -0.969. The van der Waals surface area contributed by atoms with Crippen molar-refractivity contribution >= 4 is 38.6 Å². The van der Waals surface area contributed by atoms with E-state index in [-0.39, 0.29) is 12.2 Å². The number of ketones is 1. The van der Waals surface area contributed by atoms with Crippen LogP contribution in [0.15, 0.2) is 77.3 Å². The Morgan fingerprint density at radius 1 is 0.893 bits per heavy atom. The van der Waals surface area contributed by atoms with Crippen molar-refractivity contribution in [2.45, 2.75) is 6.42 Å². The lowest BCUT2D eigenvalue weighted by Gasteiger charge is -2.07. The van der Waals surface area contributed by atoms with Crippen LogP contribution in [0.3, 0.4) is 0 Å². The van der Waals surface area contributed by atoms with Crippen molar-refractivity contribution in [3.8, 4) is 11.1 Å². The predicted octanol–water partition coefficient (Wildman–Crippen LogP) is 5.46. The Hall–Kier alpha value is -3.18. The van der Waals surface area contributed by atoms with Crippen LogP contribution in [0.1, 0.15) is 21.6 Å². The Labute approximate surface area is 170 Å². The number of benzene rings is 3. The molecule has 2 N–H and O–H groups in total. The Morgan fingerprint density at radius 3 is 2.29 bits per heavy atom. The average molecular weight is 434 g/mol. The van der Waals surface area contributed by atoms with E-state index >= 15 is 0 Å². The molecule has 0 amide bonds. The number of aromatic amines is 1. The highest BCUT2D eigenvalue weighted by Gasteiger charge is 2.21. The van der Waals surface area contributed by atoms with Crippen molar-refractivity contribution in [1.29, 1.82) is 0 Å². The molecule has 4 aromatic rings. The van der Waals surface area contributed by atoms with Gasteiger partial charge in [-0.2, -0.15) is 0 Å². The first-order chi connectivity index (χ1) is 13.5. The molecule has 0 unspecified atom stereocenters. The van der Waals surface area contributed by atoms with Crippen molar-refractivity contribution < 1.29 is 14.7 Å². The highest BCUT2D eigenvalue weighted by Crippen LogP contribution is 2.29. The molecule has 0 saturated heterocycles. The Bertz CT molecular complexity index is 1190. The summed E-state index contributed by atoms with van der Waals surface area (Å²) in [5, 5.41) is 10.0. The zero-order valence-corrected chi connectivity index (χ0v) is 16.4. The number of carbonyl (C=O) groups is 2. The van der Waals surface area contributed by atoms with E-state index in [1.807, 2.05) is 60.7 Å². The van der Waals surface area contributed by atoms with E-state index in [4.69, 9.17) is 0 Å². The molecule has 0 fully saturated rings. The number of hydrogen-bond acceptors (Lipinski definition) is 2. The lowest BCUT2D eigenvalue weighted by atomic mass is 9.99. The molecule has 4 nitrogen and oxygen atoms in total. The van der Waals surface area contributed by atoms with Gasteiger partial charge in [0.1, 0.15) is 0 Å². The number of aromatic nitrogens is 1. The van der Waals surface area contributed by atoms with Gasteiger partial charge in [-0.15, -0.1) is 0 Å². The topological polar surface area (TPSA) is 70.2 Å². The van der Waals surface area contributed by atoms with E-state index < -0.39 is 5.97 Å². The molecule has 0 radical (unpaired) electrons. The zero-order valence-electron chi connectivity index (χ0n) is 14.8. The summed E-state index contributed by atoms with van der Waals surface area (Å²) in [4.78, 5) is 27.5. The summed E-state index contributed by atoms with van der Waals surface area (Å²) in [6.07, 6.45) is -0.208. The molecule has 0 atom stereocenters. The maximum atomic E-state index is 13.1. The number of carboxylic acids is 1. The van der Waals surface area contributed by atoms with Crippen molar-refractivity contribution in [2.75, 3.05) is 0 Å². The van der Waals surface area contributed by atoms with Gasteiger partial charge in [-0.05, 0) is 23.3 Å². The van der Waals surface area contributed by atoms with Crippen LogP contribution in [0.2, 0.25) is 0 Å². The molecule has 0 aliphatic rings. The lowest BCUT2D eigenvalue weighted by Crippen LogP contribution is -2.08. The van der Waals surface area contributed by atoms with Gasteiger partial charge in [-0.25, -0.2) is 0 Å². The first-order valence-corrected chi connectivity index (χ1v) is 9.55. The molecule has 138 valence electrons. The number of para-hydroxylation sites is 1. The Balaban J connectivity index is 1.74. The Kier molecular flexibility index (Phi) is 4.84.